The van der Waals surface area contributed by atoms with Gasteiger partial charge >= 0.3 is 17.5 Å². The van der Waals surface area contributed by atoms with Gasteiger partial charge in [-0.1, -0.05) is 13.3 Å². The predicted octanol–water partition coefficient (Wildman–Crippen LogP) is 0.625. The molecule has 0 aliphatic heterocycles. The van der Waals surface area contributed by atoms with Gasteiger partial charge in [0, 0.05) is 18.8 Å². The molecule has 1 rings (SSSR count). The fourth-order valence-corrected chi connectivity index (χ4v) is 1.34. The Labute approximate surface area is 92.0 Å². The average Bonchev–Trinajstić information content (AvgIpc) is 2.68. The van der Waals surface area contributed by atoms with E-state index in [4.69, 9.17) is 15.1 Å². The van der Waals surface area contributed by atoms with Gasteiger partial charge in [0.1, 0.15) is 0 Å². The van der Waals surface area contributed by atoms with E-state index in [-0.39, 0.29) is 6.42 Å². The summed E-state index contributed by atoms with van der Waals surface area (Å²) in [4.78, 5) is 27.1. The molecule has 6 nitrogen and oxygen atoms in total. The lowest BCUT2D eigenvalue weighted by Gasteiger charge is -2.25. The number of aromatic nitrogens is 1. The number of nitrogens with zero attached hydrogens (tertiary/aromatic N) is 1. The standard InChI is InChI=1S/C10H13NO5/c1-2-5-10(8(12)13,9(14)15)16-11-6-3-4-7-11/h3-4,6-7H,2,5H2,1H3,(H,12,13)(H,14,15). The lowest BCUT2D eigenvalue weighted by molar-refractivity contribution is -0.185. The molecule has 0 saturated heterocycles. The van der Waals surface area contributed by atoms with E-state index in [0.717, 1.165) is 4.73 Å². The van der Waals surface area contributed by atoms with E-state index in [9.17, 15) is 9.59 Å². The maximum atomic E-state index is 11.1. The molecule has 1 aromatic heterocycles. The first-order valence-electron chi connectivity index (χ1n) is 4.82. The Morgan fingerprint density at radius 3 is 2.12 bits per heavy atom. The van der Waals surface area contributed by atoms with Gasteiger partial charge in [0.05, 0.1) is 0 Å². The van der Waals surface area contributed by atoms with Crippen LogP contribution in [0.1, 0.15) is 19.8 Å². The van der Waals surface area contributed by atoms with Crippen LogP contribution in [-0.2, 0) is 9.59 Å². The zero-order valence-corrected chi connectivity index (χ0v) is 8.79. The molecular weight excluding hydrogens is 214 g/mol. The topological polar surface area (TPSA) is 88.8 Å². The van der Waals surface area contributed by atoms with Crippen LogP contribution in [-0.4, -0.2) is 32.5 Å². The van der Waals surface area contributed by atoms with Gasteiger partial charge in [0.2, 0.25) is 0 Å². The van der Waals surface area contributed by atoms with Crippen LogP contribution in [0.4, 0.5) is 0 Å². The van der Waals surface area contributed by atoms with Crippen molar-refractivity contribution in [1.29, 1.82) is 0 Å². The summed E-state index contributed by atoms with van der Waals surface area (Å²) >= 11 is 0. The summed E-state index contributed by atoms with van der Waals surface area (Å²) in [6.07, 6.45) is 3.17. The summed E-state index contributed by atoms with van der Waals surface area (Å²) in [6, 6.07) is 3.22. The summed E-state index contributed by atoms with van der Waals surface area (Å²) in [5.41, 5.74) is -2.23. The molecule has 0 atom stereocenters. The molecule has 1 aromatic rings. The van der Waals surface area contributed by atoms with Crippen LogP contribution in [0.5, 0.6) is 0 Å². The van der Waals surface area contributed by atoms with E-state index in [0.29, 0.717) is 6.42 Å². The Balaban J connectivity index is 3.01. The van der Waals surface area contributed by atoms with Crippen molar-refractivity contribution >= 4 is 11.9 Å². The van der Waals surface area contributed by atoms with E-state index in [1.807, 2.05) is 0 Å². The van der Waals surface area contributed by atoms with Gasteiger partial charge in [-0.05, 0) is 12.1 Å². The summed E-state index contributed by atoms with van der Waals surface area (Å²) in [7, 11) is 0. The minimum atomic E-state index is -2.23. The van der Waals surface area contributed by atoms with Crippen LogP contribution in [0, 0.1) is 0 Å². The second-order valence-corrected chi connectivity index (χ2v) is 3.32. The van der Waals surface area contributed by atoms with Gasteiger partial charge in [-0.15, -0.1) is 0 Å². The summed E-state index contributed by atoms with van der Waals surface area (Å²) in [5.74, 6) is -3.01. The molecule has 1 heterocycles. The first-order chi connectivity index (χ1) is 7.53. The number of rotatable bonds is 6. The lowest BCUT2D eigenvalue weighted by atomic mass is 9.99. The van der Waals surface area contributed by atoms with Crippen molar-refractivity contribution in [2.24, 2.45) is 0 Å². The zero-order valence-electron chi connectivity index (χ0n) is 8.79. The normalized spacial score (nSPS) is 11.1. The van der Waals surface area contributed by atoms with Crippen molar-refractivity contribution in [3.63, 3.8) is 0 Å². The van der Waals surface area contributed by atoms with Gasteiger partial charge in [0.15, 0.2) is 0 Å². The minimum absolute atomic E-state index is 0.101. The highest BCUT2D eigenvalue weighted by Gasteiger charge is 2.49. The third-order valence-corrected chi connectivity index (χ3v) is 2.13. The molecule has 0 aromatic carbocycles. The van der Waals surface area contributed by atoms with E-state index >= 15 is 0 Å². The van der Waals surface area contributed by atoms with Gasteiger partial charge in [-0.25, -0.2) is 9.59 Å². The van der Waals surface area contributed by atoms with E-state index in [2.05, 4.69) is 0 Å². The largest absolute Gasteiger partial charge is 0.478 e. The Morgan fingerprint density at radius 2 is 1.75 bits per heavy atom. The maximum absolute atomic E-state index is 11.1. The van der Waals surface area contributed by atoms with Crippen LogP contribution >= 0.6 is 0 Å². The minimum Gasteiger partial charge on any atom is -0.478 e. The molecule has 0 fully saturated rings. The van der Waals surface area contributed by atoms with Crippen LogP contribution in [0.2, 0.25) is 0 Å². The fourth-order valence-electron chi connectivity index (χ4n) is 1.34. The molecular formula is C10H13NO5. The third-order valence-electron chi connectivity index (χ3n) is 2.13. The molecule has 0 bridgehead atoms. The molecule has 88 valence electrons. The molecule has 0 unspecified atom stereocenters. The van der Waals surface area contributed by atoms with Crippen molar-refractivity contribution < 1.29 is 24.6 Å². The molecule has 0 spiro atoms. The number of hydrogen-bond donors (Lipinski definition) is 2. The van der Waals surface area contributed by atoms with Crippen molar-refractivity contribution in [3.05, 3.63) is 24.5 Å². The molecule has 0 radical (unpaired) electrons. The molecule has 2 N–H and O–H groups in total. The highest BCUT2D eigenvalue weighted by atomic mass is 16.7. The maximum Gasteiger partial charge on any atom is 0.362 e. The van der Waals surface area contributed by atoms with Gasteiger partial charge < -0.3 is 15.1 Å². The van der Waals surface area contributed by atoms with E-state index in [1.54, 1.807) is 19.1 Å². The number of carbonyl (C=O) groups is 2. The molecule has 0 aliphatic carbocycles. The Morgan fingerprint density at radius 1 is 1.25 bits per heavy atom. The number of carboxylic acids is 2. The van der Waals surface area contributed by atoms with Crippen LogP contribution in [0.15, 0.2) is 24.5 Å². The van der Waals surface area contributed by atoms with Crippen molar-refractivity contribution in [3.8, 4) is 0 Å². The van der Waals surface area contributed by atoms with Crippen molar-refractivity contribution in [1.82, 2.24) is 4.73 Å². The van der Waals surface area contributed by atoms with E-state index in [1.165, 1.54) is 12.4 Å². The molecule has 0 saturated carbocycles. The number of hydrogen-bond acceptors (Lipinski definition) is 3. The van der Waals surface area contributed by atoms with E-state index < -0.39 is 17.5 Å². The van der Waals surface area contributed by atoms with Gasteiger partial charge in [-0.2, -0.15) is 4.73 Å². The lowest BCUT2D eigenvalue weighted by Crippen LogP contribution is -2.54. The van der Waals surface area contributed by atoms with Crippen molar-refractivity contribution in [2.75, 3.05) is 0 Å². The summed E-state index contributed by atoms with van der Waals surface area (Å²) < 4.78 is 1.08. The molecule has 0 aliphatic rings. The third kappa shape index (κ3) is 2.16. The SMILES string of the molecule is CCCC(On1cccc1)(C(=O)O)C(=O)O. The average molecular weight is 227 g/mol. The number of carboxylic acid groups (broad SMARTS) is 2. The second-order valence-electron chi connectivity index (χ2n) is 3.32. The quantitative estimate of drug-likeness (QED) is 0.695. The highest BCUT2D eigenvalue weighted by Crippen LogP contribution is 2.16. The molecule has 0 amide bonds. The monoisotopic (exact) mass is 227 g/mol. The van der Waals surface area contributed by atoms with Crippen molar-refractivity contribution in [2.45, 2.75) is 25.4 Å². The Bertz CT molecular complexity index is 357. The first kappa shape index (κ1) is 12.1. The van der Waals surface area contributed by atoms with Crippen LogP contribution in [0.25, 0.3) is 0 Å². The molecule has 16 heavy (non-hydrogen) atoms. The smallest absolute Gasteiger partial charge is 0.362 e. The Hall–Kier alpha value is -1.98. The fraction of sp³-hybridized carbons (Fsp3) is 0.400. The summed E-state index contributed by atoms with van der Waals surface area (Å²) in [5, 5.41) is 18.0. The van der Waals surface area contributed by atoms with Gasteiger partial charge in [0.25, 0.3) is 0 Å². The Kier molecular flexibility index (Phi) is 3.55. The number of aliphatic carboxylic acids is 2. The zero-order chi connectivity index (χ0) is 12.2. The summed E-state index contributed by atoms with van der Waals surface area (Å²) in [6.45, 7) is 1.69. The van der Waals surface area contributed by atoms with Crippen LogP contribution < -0.4 is 4.84 Å². The molecule has 6 heteroatoms. The second kappa shape index (κ2) is 4.69. The highest BCUT2D eigenvalue weighted by molar-refractivity contribution is 6.01. The van der Waals surface area contributed by atoms with Crippen LogP contribution in [0.3, 0.4) is 0 Å². The van der Waals surface area contributed by atoms with Gasteiger partial charge in [-0.3, -0.25) is 0 Å². The predicted molar refractivity (Wildman–Crippen MR) is 53.9 cm³/mol. The first-order valence-corrected chi connectivity index (χ1v) is 4.82.